The van der Waals surface area contributed by atoms with E-state index in [0.29, 0.717) is 0 Å². The van der Waals surface area contributed by atoms with Crippen molar-refractivity contribution in [3.63, 3.8) is 0 Å². The quantitative estimate of drug-likeness (QED) is 0.608. The minimum absolute atomic E-state index is 0.00398. The van der Waals surface area contributed by atoms with E-state index in [-0.39, 0.29) is 12.6 Å². The van der Waals surface area contributed by atoms with Crippen molar-refractivity contribution < 1.29 is 5.11 Å². The second kappa shape index (κ2) is 2.86. The molecule has 3 nitrogen and oxygen atoms in total. The van der Waals surface area contributed by atoms with E-state index >= 15 is 0 Å². The summed E-state index contributed by atoms with van der Waals surface area (Å²) in [4.78, 5) is 0. The van der Waals surface area contributed by atoms with Crippen LogP contribution < -0.4 is 5.73 Å². The third-order valence-corrected chi connectivity index (χ3v) is 1.48. The number of aliphatic hydroxyl groups excluding tert-OH is 1. The van der Waals surface area contributed by atoms with Gasteiger partial charge in [0.05, 0.1) is 12.6 Å². The number of aryl methyl sites for hydroxylation is 1. The van der Waals surface area contributed by atoms with E-state index in [4.69, 9.17) is 10.8 Å². The first-order valence-corrected chi connectivity index (χ1v) is 3.22. The summed E-state index contributed by atoms with van der Waals surface area (Å²) in [6.07, 6.45) is 3.81. The van der Waals surface area contributed by atoms with E-state index in [2.05, 4.69) is 0 Å². The predicted octanol–water partition coefficient (Wildman–Crippen LogP) is 0.0172. The maximum atomic E-state index is 8.66. The standard InChI is InChI=1S/C7H12N2O/c1-9-3-2-6(4-9)7(8)5-10/h2-4,7,10H,5,8H2,1H3. The van der Waals surface area contributed by atoms with Gasteiger partial charge in [-0.05, 0) is 11.6 Å². The molecule has 3 N–H and O–H groups in total. The number of hydrogen-bond acceptors (Lipinski definition) is 2. The van der Waals surface area contributed by atoms with Gasteiger partial charge in [-0.3, -0.25) is 0 Å². The summed E-state index contributed by atoms with van der Waals surface area (Å²) in [5, 5.41) is 8.66. The number of rotatable bonds is 2. The van der Waals surface area contributed by atoms with E-state index in [1.807, 2.05) is 30.1 Å². The number of nitrogens with two attached hydrogens (primary N) is 1. The third-order valence-electron chi connectivity index (χ3n) is 1.48. The lowest BCUT2D eigenvalue weighted by Crippen LogP contribution is -2.13. The van der Waals surface area contributed by atoms with Gasteiger partial charge in [0.25, 0.3) is 0 Å². The molecule has 0 saturated heterocycles. The van der Waals surface area contributed by atoms with Crippen molar-refractivity contribution in [2.24, 2.45) is 12.8 Å². The van der Waals surface area contributed by atoms with Crippen LogP contribution in [0.2, 0.25) is 0 Å². The molecule has 56 valence electrons. The summed E-state index contributed by atoms with van der Waals surface area (Å²) in [5.74, 6) is 0. The molecule has 3 heteroatoms. The minimum Gasteiger partial charge on any atom is -0.394 e. The molecule has 0 bridgehead atoms. The zero-order valence-corrected chi connectivity index (χ0v) is 5.99. The Morgan fingerprint density at radius 3 is 2.90 bits per heavy atom. The van der Waals surface area contributed by atoms with Crippen molar-refractivity contribution in [1.82, 2.24) is 4.57 Å². The van der Waals surface area contributed by atoms with Gasteiger partial charge in [-0.15, -0.1) is 0 Å². The van der Waals surface area contributed by atoms with Gasteiger partial charge in [-0.2, -0.15) is 0 Å². The normalized spacial score (nSPS) is 13.5. The second-order valence-electron chi connectivity index (χ2n) is 2.40. The van der Waals surface area contributed by atoms with Crippen molar-refractivity contribution in [3.05, 3.63) is 24.0 Å². The Kier molecular flexibility index (Phi) is 2.09. The molecular formula is C7H12N2O. The van der Waals surface area contributed by atoms with Crippen molar-refractivity contribution in [2.45, 2.75) is 6.04 Å². The van der Waals surface area contributed by atoms with E-state index in [1.165, 1.54) is 0 Å². The summed E-state index contributed by atoms with van der Waals surface area (Å²) in [7, 11) is 1.92. The van der Waals surface area contributed by atoms with Crippen molar-refractivity contribution in [2.75, 3.05) is 6.61 Å². The van der Waals surface area contributed by atoms with E-state index in [0.717, 1.165) is 5.56 Å². The highest BCUT2D eigenvalue weighted by Crippen LogP contribution is 2.08. The summed E-state index contributed by atoms with van der Waals surface area (Å²) < 4.78 is 1.91. The first kappa shape index (κ1) is 7.31. The molecule has 10 heavy (non-hydrogen) atoms. The van der Waals surface area contributed by atoms with Gasteiger partial charge >= 0.3 is 0 Å². The van der Waals surface area contributed by atoms with Crippen LogP contribution >= 0.6 is 0 Å². The molecule has 0 amide bonds. The highest BCUT2D eigenvalue weighted by molar-refractivity contribution is 5.14. The van der Waals surface area contributed by atoms with Crippen molar-refractivity contribution in [1.29, 1.82) is 0 Å². The maximum Gasteiger partial charge on any atom is 0.0624 e. The largest absolute Gasteiger partial charge is 0.394 e. The van der Waals surface area contributed by atoms with Gasteiger partial charge in [0.15, 0.2) is 0 Å². The van der Waals surface area contributed by atoms with Gasteiger partial charge in [-0.1, -0.05) is 0 Å². The van der Waals surface area contributed by atoms with E-state index in [9.17, 15) is 0 Å². The highest BCUT2D eigenvalue weighted by Gasteiger charge is 2.03. The van der Waals surface area contributed by atoms with Gasteiger partial charge in [-0.25, -0.2) is 0 Å². The Morgan fingerprint density at radius 1 is 1.80 bits per heavy atom. The fourth-order valence-electron chi connectivity index (χ4n) is 0.850. The van der Waals surface area contributed by atoms with Crippen LogP contribution in [0.15, 0.2) is 18.5 Å². The Labute approximate surface area is 60.1 Å². The first-order chi connectivity index (χ1) is 4.74. The van der Waals surface area contributed by atoms with Crippen LogP contribution in [0.5, 0.6) is 0 Å². The monoisotopic (exact) mass is 140 g/mol. The van der Waals surface area contributed by atoms with Crippen LogP contribution in [0.25, 0.3) is 0 Å². The summed E-state index contributed by atoms with van der Waals surface area (Å²) in [6, 6.07) is 1.67. The van der Waals surface area contributed by atoms with Crippen molar-refractivity contribution >= 4 is 0 Å². The lowest BCUT2D eigenvalue weighted by Gasteiger charge is -2.03. The second-order valence-corrected chi connectivity index (χ2v) is 2.40. The molecule has 0 aliphatic rings. The molecule has 0 fully saturated rings. The molecule has 0 saturated carbocycles. The van der Waals surface area contributed by atoms with Crippen LogP contribution in [0.3, 0.4) is 0 Å². The van der Waals surface area contributed by atoms with Crippen LogP contribution in [0.4, 0.5) is 0 Å². The fraction of sp³-hybridized carbons (Fsp3) is 0.429. The van der Waals surface area contributed by atoms with Crippen LogP contribution in [-0.4, -0.2) is 16.3 Å². The molecule has 1 heterocycles. The zero-order chi connectivity index (χ0) is 7.56. The minimum atomic E-state index is -0.235. The van der Waals surface area contributed by atoms with E-state index < -0.39 is 0 Å². The molecule has 1 unspecified atom stereocenters. The van der Waals surface area contributed by atoms with Crippen molar-refractivity contribution in [3.8, 4) is 0 Å². The van der Waals surface area contributed by atoms with Crippen LogP contribution in [0.1, 0.15) is 11.6 Å². The van der Waals surface area contributed by atoms with Crippen LogP contribution in [-0.2, 0) is 7.05 Å². The number of nitrogens with zero attached hydrogens (tertiary/aromatic N) is 1. The molecule has 0 aliphatic heterocycles. The Hall–Kier alpha value is -0.800. The molecule has 1 atom stereocenters. The number of aromatic nitrogens is 1. The fourth-order valence-corrected chi connectivity index (χ4v) is 0.850. The first-order valence-electron chi connectivity index (χ1n) is 3.22. The molecular weight excluding hydrogens is 128 g/mol. The summed E-state index contributed by atoms with van der Waals surface area (Å²) in [6.45, 7) is 0.00398. The third kappa shape index (κ3) is 1.37. The van der Waals surface area contributed by atoms with Gasteiger partial charge in [0.1, 0.15) is 0 Å². The molecule has 1 rings (SSSR count). The lowest BCUT2D eigenvalue weighted by atomic mass is 10.2. The van der Waals surface area contributed by atoms with Gasteiger partial charge in [0.2, 0.25) is 0 Å². The Balaban J connectivity index is 2.74. The summed E-state index contributed by atoms with van der Waals surface area (Å²) in [5.41, 5.74) is 6.52. The summed E-state index contributed by atoms with van der Waals surface area (Å²) >= 11 is 0. The average Bonchev–Trinajstić information content (AvgIpc) is 2.34. The smallest absolute Gasteiger partial charge is 0.0624 e. The average molecular weight is 140 g/mol. The molecule has 0 spiro atoms. The molecule has 1 aromatic rings. The Bertz CT molecular complexity index is 207. The molecule has 1 aromatic heterocycles. The topological polar surface area (TPSA) is 51.2 Å². The maximum absolute atomic E-state index is 8.66. The SMILES string of the molecule is Cn1ccc(C(N)CO)c1. The van der Waals surface area contributed by atoms with E-state index in [1.54, 1.807) is 0 Å². The van der Waals surface area contributed by atoms with Gasteiger partial charge in [0, 0.05) is 19.4 Å². The number of hydrogen-bond donors (Lipinski definition) is 2. The molecule has 0 aromatic carbocycles. The molecule has 0 aliphatic carbocycles. The predicted molar refractivity (Wildman–Crippen MR) is 39.4 cm³/mol. The lowest BCUT2D eigenvalue weighted by molar-refractivity contribution is 0.268. The molecule has 0 radical (unpaired) electrons. The number of aliphatic hydroxyl groups is 1. The van der Waals surface area contributed by atoms with Gasteiger partial charge < -0.3 is 15.4 Å². The zero-order valence-electron chi connectivity index (χ0n) is 5.99. The highest BCUT2D eigenvalue weighted by atomic mass is 16.3. The van der Waals surface area contributed by atoms with Crippen LogP contribution in [0, 0.1) is 0 Å². The Morgan fingerprint density at radius 2 is 2.50 bits per heavy atom.